The van der Waals surface area contributed by atoms with Crippen molar-refractivity contribution in [3.05, 3.63) is 42.1 Å². The van der Waals surface area contributed by atoms with Crippen LogP contribution in [0, 0.1) is 0 Å². The molecule has 4 nitrogen and oxygen atoms in total. The molecule has 0 saturated heterocycles. The number of nitrogens with one attached hydrogen (secondary N) is 1. The molecule has 0 aliphatic rings. The van der Waals surface area contributed by atoms with E-state index in [1.807, 2.05) is 30.3 Å². The van der Waals surface area contributed by atoms with Crippen LogP contribution in [-0.2, 0) is 11.3 Å². The lowest BCUT2D eigenvalue weighted by Crippen LogP contribution is -2.28. The fraction of sp³-hybridized carbons (Fsp3) is 0.167. The summed E-state index contributed by atoms with van der Waals surface area (Å²) in [7, 11) is 0. The summed E-state index contributed by atoms with van der Waals surface area (Å²) >= 11 is 0. The Morgan fingerprint density at radius 2 is 2.12 bits per heavy atom. The summed E-state index contributed by atoms with van der Waals surface area (Å²) in [6.07, 6.45) is 1.77. The molecule has 0 aliphatic carbocycles. The van der Waals surface area contributed by atoms with Crippen LogP contribution in [0.1, 0.15) is 5.56 Å². The molecule has 0 unspecified atom stereocenters. The second-order valence-corrected chi connectivity index (χ2v) is 3.56. The number of amides is 1. The van der Waals surface area contributed by atoms with E-state index in [2.05, 4.69) is 10.3 Å². The number of hydrogen-bond donors (Lipinski definition) is 2. The van der Waals surface area contributed by atoms with Gasteiger partial charge in [-0.1, -0.05) is 18.2 Å². The number of para-hydroxylation sites is 1. The minimum atomic E-state index is -0.349. The number of pyridine rings is 1. The van der Waals surface area contributed by atoms with Gasteiger partial charge in [0.05, 0.1) is 12.1 Å². The Balaban J connectivity index is 2.20. The highest BCUT2D eigenvalue weighted by atomic mass is 16.1. The number of primary amides is 1. The second kappa shape index (κ2) is 4.72. The number of aromatic nitrogens is 1. The van der Waals surface area contributed by atoms with Gasteiger partial charge in [-0.3, -0.25) is 9.78 Å². The Hall–Kier alpha value is -1.94. The van der Waals surface area contributed by atoms with Gasteiger partial charge in [-0.2, -0.15) is 0 Å². The second-order valence-electron chi connectivity index (χ2n) is 3.56. The van der Waals surface area contributed by atoms with Gasteiger partial charge in [0.1, 0.15) is 0 Å². The zero-order chi connectivity index (χ0) is 11.4. The molecule has 3 N–H and O–H groups in total. The van der Waals surface area contributed by atoms with Gasteiger partial charge < -0.3 is 11.1 Å². The predicted octanol–water partition coefficient (Wildman–Crippen LogP) is 0.810. The van der Waals surface area contributed by atoms with Gasteiger partial charge in [0.2, 0.25) is 5.91 Å². The van der Waals surface area contributed by atoms with Gasteiger partial charge in [-0.25, -0.2) is 0 Å². The normalized spacial score (nSPS) is 10.5. The maximum Gasteiger partial charge on any atom is 0.231 e. The first-order chi connectivity index (χ1) is 7.77. The standard InChI is InChI=1S/C12H13N3O/c13-12(16)8-14-7-9-5-6-15-11-4-2-1-3-10(9)11/h1-6,14H,7-8H2,(H2,13,16). The Kier molecular flexibility index (Phi) is 3.12. The van der Waals surface area contributed by atoms with Crippen molar-refractivity contribution in [1.82, 2.24) is 10.3 Å². The number of benzene rings is 1. The molecule has 0 radical (unpaired) electrons. The maximum atomic E-state index is 10.6. The summed E-state index contributed by atoms with van der Waals surface area (Å²) < 4.78 is 0. The third-order valence-corrected chi connectivity index (χ3v) is 2.35. The average Bonchev–Trinajstić information content (AvgIpc) is 2.29. The summed E-state index contributed by atoms with van der Waals surface area (Å²) in [5.74, 6) is -0.349. The molecule has 1 amide bonds. The number of nitrogens with zero attached hydrogens (tertiary/aromatic N) is 1. The number of fused-ring (bicyclic) bond motifs is 1. The molecule has 0 aliphatic heterocycles. The van der Waals surface area contributed by atoms with Crippen LogP contribution in [0.5, 0.6) is 0 Å². The first-order valence-electron chi connectivity index (χ1n) is 5.09. The van der Waals surface area contributed by atoms with Gasteiger partial charge in [-0.15, -0.1) is 0 Å². The maximum absolute atomic E-state index is 10.6. The first kappa shape index (κ1) is 10.6. The highest BCUT2D eigenvalue weighted by Gasteiger charge is 2.01. The molecule has 1 aromatic heterocycles. The lowest BCUT2D eigenvalue weighted by atomic mass is 10.1. The quantitative estimate of drug-likeness (QED) is 0.793. The van der Waals surface area contributed by atoms with Crippen molar-refractivity contribution in [2.75, 3.05) is 6.54 Å². The van der Waals surface area contributed by atoms with E-state index in [4.69, 9.17) is 5.73 Å². The van der Waals surface area contributed by atoms with Crippen LogP contribution in [0.15, 0.2) is 36.5 Å². The summed E-state index contributed by atoms with van der Waals surface area (Å²) in [6, 6.07) is 9.85. The van der Waals surface area contributed by atoms with Crippen LogP contribution in [-0.4, -0.2) is 17.4 Å². The summed E-state index contributed by atoms with van der Waals surface area (Å²) in [4.78, 5) is 14.9. The lowest BCUT2D eigenvalue weighted by molar-refractivity contribution is -0.117. The number of rotatable bonds is 4. The number of nitrogens with two attached hydrogens (primary N) is 1. The van der Waals surface area contributed by atoms with Crippen molar-refractivity contribution in [2.45, 2.75) is 6.54 Å². The molecule has 0 saturated carbocycles. The minimum Gasteiger partial charge on any atom is -0.369 e. The molecule has 4 heteroatoms. The lowest BCUT2D eigenvalue weighted by Gasteiger charge is -2.06. The SMILES string of the molecule is NC(=O)CNCc1ccnc2ccccc12. The highest BCUT2D eigenvalue weighted by Crippen LogP contribution is 2.15. The van der Waals surface area contributed by atoms with Crippen LogP contribution in [0.25, 0.3) is 10.9 Å². The zero-order valence-electron chi connectivity index (χ0n) is 8.81. The molecule has 16 heavy (non-hydrogen) atoms. The van der Waals surface area contributed by atoms with E-state index >= 15 is 0 Å². The summed E-state index contributed by atoms with van der Waals surface area (Å²) in [5, 5.41) is 4.09. The minimum absolute atomic E-state index is 0.191. The molecule has 0 bridgehead atoms. The van der Waals surface area contributed by atoms with E-state index in [1.165, 1.54) is 0 Å². The molecule has 2 rings (SSSR count). The third kappa shape index (κ3) is 2.35. The number of carbonyl (C=O) groups excluding carboxylic acids is 1. The van der Waals surface area contributed by atoms with E-state index in [9.17, 15) is 4.79 Å². The van der Waals surface area contributed by atoms with Crippen LogP contribution in [0.3, 0.4) is 0 Å². The average molecular weight is 215 g/mol. The smallest absolute Gasteiger partial charge is 0.231 e. The number of carbonyl (C=O) groups is 1. The first-order valence-corrected chi connectivity index (χ1v) is 5.09. The Labute approximate surface area is 93.5 Å². The molecular formula is C12H13N3O. The number of hydrogen-bond acceptors (Lipinski definition) is 3. The van der Waals surface area contributed by atoms with Crippen molar-refractivity contribution < 1.29 is 4.79 Å². The monoisotopic (exact) mass is 215 g/mol. The van der Waals surface area contributed by atoms with Crippen LogP contribution in [0.2, 0.25) is 0 Å². The van der Waals surface area contributed by atoms with Gasteiger partial charge in [0.25, 0.3) is 0 Å². The Morgan fingerprint density at radius 3 is 2.94 bits per heavy atom. The van der Waals surface area contributed by atoms with Crippen molar-refractivity contribution >= 4 is 16.8 Å². The highest BCUT2D eigenvalue weighted by molar-refractivity contribution is 5.82. The molecule has 82 valence electrons. The largest absolute Gasteiger partial charge is 0.369 e. The molecule has 0 fully saturated rings. The van der Waals surface area contributed by atoms with E-state index < -0.39 is 0 Å². The fourth-order valence-corrected chi connectivity index (χ4v) is 1.63. The van der Waals surface area contributed by atoms with Gasteiger partial charge >= 0.3 is 0 Å². The van der Waals surface area contributed by atoms with Crippen molar-refractivity contribution in [3.63, 3.8) is 0 Å². The van der Waals surface area contributed by atoms with Crippen molar-refractivity contribution in [1.29, 1.82) is 0 Å². The van der Waals surface area contributed by atoms with E-state index in [-0.39, 0.29) is 12.5 Å². The fourth-order valence-electron chi connectivity index (χ4n) is 1.63. The topological polar surface area (TPSA) is 68.0 Å². The van der Waals surface area contributed by atoms with Gasteiger partial charge in [-0.05, 0) is 17.7 Å². The Bertz CT molecular complexity index is 505. The molecule has 0 atom stereocenters. The summed E-state index contributed by atoms with van der Waals surface area (Å²) in [5.41, 5.74) is 7.13. The molecule has 0 spiro atoms. The molecule has 2 aromatic rings. The van der Waals surface area contributed by atoms with Crippen LogP contribution in [0.4, 0.5) is 0 Å². The predicted molar refractivity (Wildman–Crippen MR) is 62.6 cm³/mol. The molecule has 1 aromatic carbocycles. The Morgan fingerprint density at radius 1 is 1.31 bits per heavy atom. The summed E-state index contributed by atoms with van der Waals surface area (Å²) in [6.45, 7) is 0.808. The molecule has 1 heterocycles. The van der Waals surface area contributed by atoms with Crippen molar-refractivity contribution in [2.24, 2.45) is 5.73 Å². The van der Waals surface area contributed by atoms with Crippen molar-refractivity contribution in [3.8, 4) is 0 Å². The third-order valence-electron chi connectivity index (χ3n) is 2.35. The molecular weight excluding hydrogens is 202 g/mol. The van der Waals surface area contributed by atoms with E-state index in [1.54, 1.807) is 6.20 Å². The van der Waals surface area contributed by atoms with E-state index in [0.717, 1.165) is 16.5 Å². The van der Waals surface area contributed by atoms with E-state index in [0.29, 0.717) is 6.54 Å². The zero-order valence-corrected chi connectivity index (χ0v) is 8.81. The van der Waals surface area contributed by atoms with Gasteiger partial charge in [0, 0.05) is 18.1 Å². The van der Waals surface area contributed by atoms with Gasteiger partial charge in [0.15, 0.2) is 0 Å². The van der Waals surface area contributed by atoms with Crippen LogP contribution >= 0.6 is 0 Å². The van der Waals surface area contributed by atoms with Crippen LogP contribution < -0.4 is 11.1 Å².